The first kappa shape index (κ1) is 12.2. The maximum Gasteiger partial charge on any atom is 0.330 e. The molecule has 0 aromatic heterocycles. The van der Waals surface area contributed by atoms with Crippen molar-refractivity contribution in [2.75, 3.05) is 6.54 Å². The van der Waals surface area contributed by atoms with E-state index in [0.717, 1.165) is 12.2 Å². The number of hydrogen-bond donors (Lipinski definition) is 1. The van der Waals surface area contributed by atoms with Crippen LogP contribution in [-0.2, 0) is 4.79 Å². The summed E-state index contributed by atoms with van der Waals surface area (Å²) in [7, 11) is -1.41. The van der Waals surface area contributed by atoms with Gasteiger partial charge in [0.25, 0.3) is 0 Å². The molecule has 0 radical (unpaired) electrons. The SMILES string of the molecule is CCN(C(C)=CC(=O)O)[Si](C)(C)C. The van der Waals surface area contributed by atoms with Gasteiger partial charge in [0, 0.05) is 18.3 Å². The summed E-state index contributed by atoms with van der Waals surface area (Å²) in [4.78, 5) is 10.5. The van der Waals surface area contributed by atoms with Crippen molar-refractivity contribution in [3.63, 3.8) is 0 Å². The highest BCUT2D eigenvalue weighted by Gasteiger charge is 2.22. The van der Waals surface area contributed by atoms with Crippen LogP contribution in [0.15, 0.2) is 11.8 Å². The average Bonchev–Trinajstić information content (AvgIpc) is 1.82. The second kappa shape index (κ2) is 4.46. The fraction of sp³-hybridized carbons (Fsp3) is 0.667. The minimum Gasteiger partial charge on any atom is -0.478 e. The van der Waals surface area contributed by atoms with E-state index in [4.69, 9.17) is 5.11 Å². The van der Waals surface area contributed by atoms with Gasteiger partial charge in [-0.25, -0.2) is 4.79 Å². The highest BCUT2D eigenvalue weighted by molar-refractivity contribution is 6.73. The Morgan fingerprint density at radius 3 is 2.15 bits per heavy atom. The molecular weight excluding hydrogens is 182 g/mol. The Bertz CT molecular complexity index is 218. The van der Waals surface area contributed by atoms with E-state index in [1.54, 1.807) is 0 Å². The lowest BCUT2D eigenvalue weighted by Gasteiger charge is -2.35. The molecule has 0 fully saturated rings. The minimum absolute atomic E-state index is 0.856. The lowest BCUT2D eigenvalue weighted by Crippen LogP contribution is -2.44. The van der Waals surface area contributed by atoms with Gasteiger partial charge in [0.05, 0.1) is 0 Å². The Labute approximate surface area is 81.1 Å². The second-order valence-electron chi connectivity index (χ2n) is 4.04. The zero-order valence-corrected chi connectivity index (χ0v) is 10.1. The fourth-order valence-corrected chi connectivity index (χ4v) is 3.58. The first-order valence-corrected chi connectivity index (χ1v) is 7.92. The first-order chi connectivity index (χ1) is 5.79. The van der Waals surface area contributed by atoms with E-state index < -0.39 is 14.2 Å². The topological polar surface area (TPSA) is 40.5 Å². The zero-order valence-electron chi connectivity index (χ0n) is 9.09. The Morgan fingerprint density at radius 1 is 1.46 bits per heavy atom. The molecule has 0 atom stereocenters. The summed E-state index contributed by atoms with van der Waals surface area (Å²) in [5.74, 6) is -0.866. The van der Waals surface area contributed by atoms with Crippen molar-refractivity contribution in [3.8, 4) is 0 Å². The van der Waals surface area contributed by atoms with E-state index in [2.05, 4.69) is 31.1 Å². The van der Waals surface area contributed by atoms with Gasteiger partial charge in [0.2, 0.25) is 0 Å². The predicted octanol–water partition coefficient (Wildman–Crippen LogP) is 2.13. The number of aliphatic carboxylic acids is 1. The largest absolute Gasteiger partial charge is 0.478 e. The summed E-state index contributed by atoms with van der Waals surface area (Å²) < 4.78 is 2.20. The highest BCUT2D eigenvalue weighted by atomic mass is 28.3. The van der Waals surface area contributed by atoms with Crippen LogP contribution in [0.25, 0.3) is 0 Å². The van der Waals surface area contributed by atoms with Gasteiger partial charge in [0.15, 0.2) is 0 Å². The molecule has 0 aromatic rings. The molecule has 0 aliphatic rings. The van der Waals surface area contributed by atoms with Crippen LogP contribution in [0, 0.1) is 0 Å². The summed E-state index contributed by atoms with van der Waals surface area (Å²) >= 11 is 0. The molecule has 0 aliphatic heterocycles. The van der Waals surface area contributed by atoms with Crippen LogP contribution in [0.5, 0.6) is 0 Å². The zero-order chi connectivity index (χ0) is 10.6. The van der Waals surface area contributed by atoms with E-state index >= 15 is 0 Å². The summed E-state index contributed by atoms with van der Waals surface area (Å²) in [6.45, 7) is 11.4. The molecular formula is C9H19NO2Si. The minimum atomic E-state index is -1.41. The lowest BCUT2D eigenvalue weighted by molar-refractivity contribution is -0.131. The maximum absolute atomic E-state index is 10.5. The van der Waals surface area contributed by atoms with Gasteiger partial charge < -0.3 is 9.67 Å². The van der Waals surface area contributed by atoms with Crippen molar-refractivity contribution >= 4 is 14.2 Å². The second-order valence-corrected chi connectivity index (χ2v) is 8.92. The first-order valence-electron chi connectivity index (χ1n) is 4.48. The summed E-state index contributed by atoms with van der Waals surface area (Å²) in [6, 6.07) is 0. The van der Waals surface area contributed by atoms with Gasteiger partial charge in [-0.1, -0.05) is 19.6 Å². The predicted molar refractivity (Wildman–Crippen MR) is 57.1 cm³/mol. The molecule has 0 amide bonds. The molecule has 0 aliphatic carbocycles. The van der Waals surface area contributed by atoms with Crippen molar-refractivity contribution in [2.24, 2.45) is 0 Å². The Hall–Kier alpha value is -0.773. The van der Waals surface area contributed by atoms with Crippen LogP contribution in [0.1, 0.15) is 13.8 Å². The standard InChI is InChI=1S/C9H19NO2Si/c1-6-10(13(3,4)5)8(2)7-9(11)12/h7H,6H2,1-5H3,(H,11,12). The van der Waals surface area contributed by atoms with Gasteiger partial charge in [-0.2, -0.15) is 0 Å². The van der Waals surface area contributed by atoms with Gasteiger partial charge in [-0.3, -0.25) is 0 Å². The van der Waals surface area contributed by atoms with E-state index in [1.165, 1.54) is 6.08 Å². The van der Waals surface area contributed by atoms with Gasteiger partial charge in [0.1, 0.15) is 8.24 Å². The third-order valence-corrected chi connectivity index (χ3v) is 4.17. The van der Waals surface area contributed by atoms with Crippen LogP contribution < -0.4 is 0 Å². The number of rotatable bonds is 4. The molecule has 0 unspecified atom stereocenters. The van der Waals surface area contributed by atoms with Crippen molar-refractivity contribution < 1.29 is 9.90 Å². The van der Waals surface area contributed by atoms with Gasteiger partial charge >= 0.3 is 5.97 Å². The quantitative estimate of drug-likeness (QED) is 0.559. The number of allylic oxidation sites excluding steroid dienone is 1. The number of hydrogen-bond acceptors (Lipinski definition) is 2. The molecule has 0 rings (SSSR count). The molecule has 3 nitrogen and oxygen atoms in total. The molecule has 76 valence electrons. The molecule has 0 spiro atoms. The fourth-order valence-electron chi connectivity index (χ4n) is 1.51. The monoisotopic (exact) mass is 201 g/mol. The third kappa shape index (κ3) is 4.12. The van der Waals surface area contributed by atoms with Crippen molar-refractivity contribution in [1.82, 2.24) is 4.57 Å². The van der Waals surface area contributed by atoms with Crippen LogP contribution in [0.2, 0.25) is 19.6 Å². The van der Waals surface area contributed by atoms with E-state index in [0.29, 0.717) is 0 Å². The molecule has 0 saturated heterocycles. The smallest absolute Gasteiger partial charge is 0.330 e. The number of nitrogens with zero attached hydrogens (tertiary/aromatic N) is 1. The Kier molecular flexibility index (Phi) is 4.19. The van der Waals surface area contributed by atoms with Crippen molar-refractivity contribution in [2.45, 2.75) is 33.5 Å². The maximum atomic E-state index is 10.5. The van der Waals surface area contributed by atoms with Crippen LogP contribution >= 0.6 is 0 Å². The molecule has 1 N–H and O–H groups in total. The average molecular weight is 201 g/mol. The van der Waals surface area contributed by atoms with Crippen LogP contribution in [0.3, 0.4) is 0 Å². The lowest BCUT2D eigenvalue weighted by atomic mass is 10.4. The molecule has 0 bridgehead atoms. The Morgan fingerprint density at radius 2 is 1.92 bits per heavy atom. The van der Waals surface area contributed by atoms with Crippen LogP contribution in [-0.4, -0.2) is 30.4 Å². The number of carbonyl (C=O) groups is 1. The molecule has 4 heteroatoms. The third-order valence-electron chi connectivity index (χ3n) is 1.88. The number of carboxylic acids is 1. The summed E-state index contributed by atoms with van der Waals surface area (Å²) in [6.07, 6.45) is 1.28. The van der Waals surface area contributed by atoms with Crippen molar-refractivity contribution in [1.29, 1.82) is 0 Å². The molecule has 13 heavy (non-hydrogen) atoms. The van der Waals surface area contributed by atoms with E-state index in [9.17, 15) is 4.79 Å². The Balaban J connectivity index is 4.69. The molecule has 0 heterocycles. The molecule has 0 saturated carbocycles. The van der Waals surface area contributed by atoms with Crippen LogP contribution in [0.4, 0.5) is 0 Å². The van der Waals surface area contributed by atoms with Gasteiger partial charge in [-0.15, -0.1) is 0 Å². The van der Waals surface area contributed by atoms with E-state index in [-0.39, 0.29) is 0 Å². The van der Waals surface area contributed by atoms with E-state index in [1.807, 2.05) is 6.92 Å². The summed E-state index contributed by atoms with van der Waals surface area (Å²) in [5.41, 5.74) is 0.856. The normalized spacial score (nSPS) is 12.8. The summed E-state index contributed by atoms with van der Waals surface area (Å²) in [5, 5.41) is 8.61. The highest BCUT2D eigenvalue weighted by Crippen LogP contribution is 2.15. The molecule has 0 aromatic carbocycles. The van der Waals surface area contributed by atoms with Gasteiger partial charge in [-0.05, 0) is 13.8 Å². The number of carboxylic acid groups (broad SMARTS) is 1. The van der Waals surface area contributed by atoms with Crippen molar-refractivity contribution in [3.05, 3.63) is 11.8 Å².